The minimum Gasteiger partial charge on any atom is -0.459 e. The number of carbonyl (C=O) groups is 2. The van der Waals surface area contributed by atoms with Crippen molar-refractivity contribution in [1.29, 1.82) is 0 Å². The van der Waals surface area contributed by atoms with Crippen molar-refractivity contribution in [3.63, 3.8) is 0 Å². The van der Waals surface area contributed by atoms with Crippen molar-refractivity contribution in [3.8, 4) is 0 Å². The Morgan fingerprint density at radius 1 is 1.42 bits per heavy atom. The third-order valence-electron chi connectivity index (χ3n) is 3.47. The first kappa shape index (κ1) is 17.8. The molecule has 0 aliphatic carbocycles. The largest absolute Gasteiger partial charge is 0.459 e. The van der Waals surface area contributed by atoms with Gasteiger partial charge in [0.05, 0.1) is 10.8 Å². The summed E-state index contributed by atoms with van der Waals surface area (Å²) in [6.07, 6.45) is 0.464. The first-order chi connectivity index (χ1) is 11.2. The molecule has 0 aromatic heterocycles. The number of carbonyl (C=O) groups excluding carboxylic acids is 2. The van der Waals surface area contributed by atoms with E-state index in [-0.39, 0.29) is 23.2 Å². The molecule has 128 valence electrons. The predicted molar refractivity (Wildman–Crippen MR) is 90.4 cm³/mol. The van der Waals surface area contributed by atoms with Gasteiger partial charge in [-0.25, -0.2) is 0 Å². The van der Waals surface area contributed by atoms with Gasteiger partial charge in [0, 0.05) is 30.7 Å². The smallest absolute Gasteiger partial charge is 0.310 e. The van der Waals surface area contributed by atoms with E-state index in [4.69, 9.17) is 17.0 Å². The summed E-state index contributed by atoms with van der Waals surface area (Å²) in [7, 11) is 0. The molecule has 2 N–H and O–H groups in total. The van der Waals surface area contributed by atoms with Crippen molar-refractivity contribution in [2.24, 2.45) is 5.92 Å². The molecule has 9 heteroatoms. The van der Waals surface area contributed by atoms with Crippen LogP contribution in [0.1, 0.15) is 26.7 Å². The molecule has 0 radical (unpaired) electrons. The van der Waals surface area contributed by atoms with Crippen LogP contribution >= 0.6 is 12.2 Å². The lowest BCUT2D eigenvalue weighted by Gasteiger charge is -2.14. The van der Waals surface area contributed by atoms with Crippen LogP contribution in [0.15, 0.2) is 24.3 Å². The van der Waals surface area contributed by atoms with Gasteiger partial charge in [-0.1, -0.05) is 0 Å². The SMILES string of the molecule is CC1(C)C[C@@H](CC(=O)NC(=S)Nc2ccc([N+](=O)[O-])cc2)C(=O)O1. The highest BCUT2D eigenvalue weighted by molar-refractivity contribution is 7.80. The number of nitrogens with one attached hydrogen (secondary N) is 2. The van der Waals surface area contributed by atoms with Crippen LogP contribution in [0.3, 0.4) is 0 Å². The molecular weight excluding hydrogens is 334 g/mol. The minimum absolute atomic E-state index is 0.00958. The van der Waals surface area contributed by atoms with Crippen LogP contribution in [0.4, 0.5) is 11.4 Å². The van der Waals surface area contributed by atoms with Crippen LogP contribution in [-0.2, 0) is 14.3 Å². The lowest BCUT2D eigenvalue weighted by atomic mass is 9.95. The average Bonchev–Trinajstić information content (AvgIpc) is 2.71. The van der Waals surface area contributed by atoms with Crippen LogP contribution in [0.5, 0.6) is 0 Å². The number of non-ortho nitro benzene ring substituents is 1. The van der Waals surface area contributed by atoms with Gasteiger partial charge in [0.25, 0.3) is 5.69 Å². The van der Waals surface area contributed by atoms with Gasteiger partial charge in [-0.15, -0.1) is 0 Å². The molecule has 2 rings (SSSR count). The maximum Gasteiger partial charge on any atom is 0.310 e. The molecule has 1 amide bonds. The normalized spacial score (nSPS) is 18.6. The van der Waals surface area contributed by atoms with E-state index in [0.717, 1.165) is 0 Å². The molecule has 8 nitrogen and oxygen atoms in total. The molecule has 24 heavy (non-hydrogen) atoms. The van der Waals surface area contributed by atoms with E-state index < -0.39 is 22.3 Å². The lowest BCUT2D eigenvalue weighted by Crippen LogP contribution is -2.35. The molecule has 1 aromatic carbocycles. The van der Waals surface area contributed by atoms with Crippen molar-refractivity contribution in [2.45, 2.75) is 32.3 Å². The number of hydrogen-bond donors (Lipinski definition) is 2. The number of rotatable bonds is 4. The maximum absolute atomic E-state index is 12.0. The second-order valence-corrected chi connectivity index (χ2v) is 6.50. The second kappa shape index (κ2) is 6.91. The molecular formula is C15H17N3O5S. The fourth-order valence-electron chi connectivity index (χ4n) is 2.46. The number of amides is 1. The first-order valence-corrected chi connectivity index (χ1v) is 7.65. The Kier molecular flexibility index (Phi) is 5.13. The number of benzene rings is 1. The molecule has 1 aromatic rings. The quantitative estimate of drug-likeness (QED) is 0.370. The Hall–Kier alpha value is -2.55. The number of anilines is 1. The Morgan fingerprint density at radius 2 is 2.04 bits per heavy atom. The summed E-state index contributed by atoms with van der Waals surface area (Å²) in [6, 6.07) is 5.60. The monoisotopic (exact) mass is 351 g/mol. The van der Waals surface area contributed by atoms with Gasteiger partial charge in [0.1, 0.15) is 5.60 Å². The van der Waals surface area contributed by atoms with Gasteiger partial charge in [0.2, 0.25) is 5.91 Å². The summed E-state index contributed by atoms with van der Waals surface area (Å²) in [5.74, 6) is -1.26. The Bertz CT molecular complexity index is 687. The van der Waals surface area contributed by atoms with E-state index in [2.05, 4.69) is 10.6 Å². The van der Waals surface area contributed by atoms with E-state index in [1.54, 1.807) is 13.8 Å². The van der Waals surface area contributed by atoms with Crippen LogP contribution in [-0.4, -0.2) is 27.5 Å². The lowest BCUT2D eigenvalue weighted by molar-refractivity contribution is -0.384. The number of nitro benzene ring substituents is 1. The van der Waals surface area contributed by atoms with Gasteiger partial charge < -0.3 is 15.4 Å². The maximum atomic E-state index is 12.0. The van der Waals surface area contributed by atoms with Gasteiger partial charge in [-0.2, -0.15) is 0 Å². The van der Waals surface area contributed by atoms with Crippen LogP contribution in [0, 0.1) is 16.0 Å². The molecule has 0 spiro atoms. The summed E-state index contributed by atoms with van der Waals surface area (Å²) in [5, 5.41) is 15.9. The zero-order valence-electron chi connectivity index (χ0n) is 13.2. The summed E-state index contributed by atoms with van der Waals surface area (Å²) >= 11 is 5.02. The van der Waals surface area contributed by atoms with Crippen LogP contribution in [0.25, 0.3) is 0 Å². The van der Waals surface area contributed by atoms with Crippen LogP contribution < -0.4 is 10.6 Å². The molecule has 1 heterocycles. The molecule has 1 aliphatic rings. The van der Waals surface area contributed by atoms with Crippen molar-refractivity contribution >= 4 is 40.6 Å². The van der Waals surface area contributed by atoms with Crippen molar-refractivity contribution in [3.05, 3.63) is 34.4 Å². The number of hydrogen-bond acceptors (Lipinski definition) is 6. The summed E-state index contributed by atoms with van der Waals surface area (Å²) < 4.78 is 5.17. The number of esters is 1. The standard InChI is InChI=1S/C15H17N3O5S/c1-15(2)8-9(13(20)23-15)7-12(19)17-14(24)16-10-3-5-11(6-4-10)18(21)22/h3-6,9H,7-8H2,1-2H3,(H2,16,17,19,24)/t9-/m1/s1. The van der Waals surface area contributed by atoms with Crippen molar-refractivity contribution < 1.29 is 19.2 Å². The van der Waals surface area contributed by atoms with Crippen molar-refractivity contribution in [2.75, 3.05) is 5.32 Å². The number of nitro groups is 1. The zero-order chi connectivity index (χ0) is 17.9. The van der Waals surface area contributed by atoms with E-state index >= 15 is 0 Å². The molecule has 1 aliphatic heterocycles. The molecule has 0 saturated carbocycles. The topological polar surface area (TPSA) is 111 Å². The Labute approximate surface area is 143 Å². The zero-order valence-corrected chi connectivity index (χ0v) is 14.0. The fraction of sp³-hybridized carbons (Fsp3) is 0.400. The van der Waals surface area contributed by atoms with Gasteiger partial charge in [-0.3, -0.25) is 19.7 Å². The first-order valence-electron chi connectivity index (χ1n) is 7.24. The predicted octanol–water partition coefficient (Wildman–Crippen LogP) is 2.14. The Balaban J connectivity index is 1.84. The van der Waals surface area contributed by atoms with Gasteiger partial charge in [-0.05, 0) is 38.2 Å². The van der Waals surface area contributed by atoms with Crippen LogP contribution in [0.2, 0.25) is 0 Å². The molecule has 0 bridgehead atoms. The van der Waals surface area contributed by atoms with E-state index in [1.807, 2.05) is 0 Å². The molecule has 1 atom stereocenters. The van der Waals surface area contributed by atoms with E-state index in [9.17, 15) is 19.7 Å². The summed E-state index contributed by atoms with van der Waals surface area (Å²) in [5.41, 5.74) is -0.0929. The summed E-state index contributed by atoms with van der Waals surface area (Å²) in [6.45, 7) is 3.59. The average molecular weight is 351 g/mol. The number of ether oxygens (including phenoxy) is 1. The molecule has 0 unspecified atom stereocenters. The summed E-state index contributed by atoms with van der Waals surface area (Å²) in [4.78, 5) is 33.7. The third kappa shape index (κ3) is 4.72. The highest BCUT2D eigenvalue weighted by Gasteiger charge is 2.40. The van der Waals surface area contributed by atoms with Gasteiger partial charge in [0.15, 0.2) is 5.11 Å². The molecule has 1 saturated heterocycles. The Morgan fingerprint density at radius 3 is 2.54 bits per heavy atom. The van der Waals surface area contributed by atoms with E-state index in [0.29, 0.717) is 12.1 Å². The van der Waals surface area contributed by atoms with Crippen molar-refractivity contribution in [1.82, 2.24) is 5.32 Å². The molecule has 1 fully saturated rings. The third-order valence-corrected chi connectivity index (χ3v) is 3.67. The highest BCUT2D eigenvalue weighted by atomic mass is 32.1. The second-order valence-electron chi connectivity index (χ2n) is 6.09. The number of thiocarbonyl (C=S) groups is 1. The fourth-order valence-corrected chi connectivity index (χ4v) is 2.69. The van der Waals surface area contributed by atoms with E-state index in [1.165, 1.54) is 24.3 Å². The minimum atomic E-state index is -0.556. The van der Waals surface area contributed by atoms with Gasteiger partial charge >= 0.3 is 5.97 Å². The number of cyclic esters (lactones) is 1. The highest BCUT2D eigenvalue weighted by Crippen LogP contribution is 2.32. The number of nitrogens with zero attached hydrogens (tertiary/aromatic N) is 1.